The van der Waals surface area contributed by atoms with Crippen molar-refractivity contribution >= 4 is 0 Å². The van der Waals surface area contributed by atoms with Crippen LogP contribution in [0.25, 0.3) is 0 Å². The van der Waals surface area contributed by atoms with Gasteiger partial charge in [-0.05, 0) is 30.9 Å². The Morgan fingerprint density at radius 2 is 2.12 bits per heavy atom. The minimum atomic E-state index is -1.02. The molecule has 0 amide bonds. The third kappa shape index (κ3) is 2.56. The van der Waals surface area contributed by atoms with Crippen molar-refractivity contribution in [3.05, 3.63) is 29.8 Å². The van der Waals surface area contributed by atoms with Gasteiger partial charge >= 0.3 is 0 Å². The van der Waals surface area contributed by atoms with Crippen LogP contribution in [0.15, 0.2) is 18.2 Å². The summed E-state index contributed by atoms with van der Waals surface area (Å²) >= 11 is 0. The second kappa shape index (κ2) is 4.58. The normalized spacial score (nSPS) is 18.8. The Morgan fingerprint density at radius 3 is 2.71 bits per heavy atom. The molecular formula is C12H15F2NO2. The molecule has 1 unspecified atom stereocenters. The lowest BCUT2D eigenvalue weighted by molar-refractivity contribution is 0.114. The van der Waals surface area contributed by atoms with E-state index < -0.39 is 17.2 Å². The van der Waals surface area contributed by atoms with Crippen LogP contribution < -0.4 is 10.5 Å². The molecule has 17 heavy (non-hydrogen) atoms. The van der Waals surface area contributed by atoms with Gasteiger partial charge in [-0.2, -0.15) is 4.39 Å². The molecule has 5 heteroatoms. The first kappa shape index (κ1) is 12.3. The highest BCUT2D eigenvalue weighted by molar-refractivity contribution is 5.25. The average Bonchev–Trinajstić information content (AvgIpc) is 3.15. The van der Waals surface area contributed by atoms with E-state index in [9.17, 15) is 13.9 Å². The molecule has 94 valence electrons. The molecule has 0 aliphatic heterocycles. The van der Waals surface area contributed by atoms with Gasteiger partial charge in [-0.15, -0.1) is 0 Å². The fourth-order valence-electron chi connectivity index (χ4n) is 1.76. The molecule has 0 aromatic heterocycles. The van der Waals surface area contributed by atoms with Crippen LogP contribution in [0, 0.1) is 17.6 Å². The molecule has 2 rings (SSSR count). The summed E-state index contributed by atoms with van der Waals surface area (Å²) < 4.78 is 31.4. The van der Waals surface area contributed by atoms with Crippen molar-refractivity contribution in [2.75, 3.05) is 13.2 Å². The first-order valence-corrected chi connectivity index (χ1v) is 5.53. The topological polar surface area (TPSA) is 55.5 Å². The predicted molar refractivity (Wildman–Crippen MR) is 58.6 cm³/mol. The van der Waals surface area contributed by atoms with Crippen LogP contribution in [0.4, 0.5) is 8.78 Å². The molecule has 1 fully saturated rings. The van der Waals surface area contributed by atoms with Crippen molar-refractivity contribution in [3.63, 3.8) is 0 Å². The van der Waals surface area contributed by atoms with E-state index in [1.54, 1.807) is 0 Å². The second-order valence-electron chi connectivity index (χ2n) is 4.51. The molecule has 0 saturated heterocycles. The van der Waals surface area contributed by atoms with E-state index in [0.717, 1.165) is 18.9 Å². The van der Waals surface area contributed by atoms with E-state index in [4.69, 9.17) is 10.5 Å². The van der Waals surface area contributed by atoms with Crippen molar-refractivity contribution in [2.45, 2.75) is 18.4 Å². The summed E-state index contributed by atoms with van der Waals surface area (Å²) in [7, 11) is 0. The summed E-state index contributed by atoms with van der Waals surface area (Å²) in [6.45, 7) is -0.247. The number of aliphatic hydroxyl groups excluding tert-OH is 1. The maximum atomic E-state index is 13.3. The fourth-order valence-corrected chi connectivity index (χ4v) is 1.76. The molecule has 1 aromatic carbocycles. The van der Waals surface area contributed by atoms with Gasteiger partial charge in [0.2, 0.25) is 5.82 Å². The van der Waals surface area contributed by atoms with Crippen molar-refractivity contribution < 1.29 is 18.6 Å². The molecule has 0 bridgehead atoms. The van der Waals surface area contributed by atoms with E-state index in [-0.39, 0.29) is 24.9 Å². The monoisotopic (exact) mass is 243 g/mol. The van der Waals surface area contributed by atoms with Crippen molar-refractivity contribution in [2.24, 2.45) is 11.7 Å². The molecule has 1 aliphatic rings. The standard InChI is InChI=1S/C12H15F2NO2/c13-9-2-1-3-10(11(9)14)17-7-12(15,6-16)8-4-5-8/h1-3,8,16H,4-7,15H2. The number of benzene rings is 1. The van der Waals surface area contributed by atoms with Crippen LogP contribution in [0.3, 0.4) is 0 Å². The van der Waals surface area contributed by atoms with Gasteiger partial charge in [0.15, 0.2) is 11.6 Å². The number of rotatable bonds is 5. The zero-order valence-electron chi connectivity index (χ0n) is 9.33. The number of halogens is 2. The Labute approximate surface area is 98.2 Å². The molecule has 3 nitrogen and oxygen atoms in total. The summed E-state index contributed by atoms with van der Waals surface area (Å²) in [6.07, 6.45) is 1.87. The third-order valence-corrected chi connectivity index (χ3v) is 3.10. The van der Waals surface area contributed by atoms with Crippen LogP contribution in [0.1, 0.15) is 12.8 Å². The minimum absolute atomic E-state index is 0.0193. The van der Waals surface area contributed by atoms with Gasteiger partial charge in [0.1, 0.15) is 6.61 Å². The Morgan fingerprint density at radius 1 is 1.41 bits per heavy atom. The van der Waals surface area contributed by atoms with Crippen molar-refractivity contribution in [3.8, 4) is 5.75 Å². The highest BCUT2D eigenvalue weighted by atomic mass is 19.2. The van der Waals surface area contributed by atoms with Crippen LogP contribution >= 0.6 is 0 Å². The lowest BCUT2D eigenvalue weighted by Gasteiger charge is -2.27. The SMILES string of the molecule is NC(CO)(COc1cccc(F)c1F)C1CC1. The van der Waals surface area contributed by atoms with E-state index in [0.29, 0.717) is 0 Å². The molecule has 0 radical (unpaired) electrons. The van der Waals surface area contributed by atoms with E-state index in [1.807, 2.05) is 0 Å². The molecule has 0 heterocycles. The quantitative estimate of drug-likeness (QED) is 0.822. The lowest BCUT2D eigenvalue weighted by Crippen LogP contribution is -2.51. The van der Waals surface area contributed by atoms with Gasteiger partial charge < -0.3 is 15.6 Å². The van der Waals surface area contributed by atoms with Gasteiger partial charge in [0.25, 0.3) is 0 Å². The molecule has 3 N–H and O–H groups in total. The van der Waals surface area contributed by atoms with Gasteiger partial charge in [-0.25, -0.2) is 4.39 Å². The van der Waals surface area contributed by atoms with Gasteiger partial charge in [-0.1, -0.05) is 6.07 Å². The van der Waals surface area contributed by atoms with E-state index >= 15 is 0 Å². The van der Waals surface area contributed by atoms with E-state index in [2.05, 4.69) is 0 Å². The van der Waals surface area contributed by atoms with Crippen molar-refractivity contribution in [1.82, 2.24) is 0 Å². The van der Waals surface area contributed by atoms with Gasteiger partial charge in [0.05, 0.1) is 12.1 Å². The molecule has 1 aliphatic carbocycles. The number of hydrogen-bond acceptors (Lipinski definition) is 3. The number of aliphatic hydroxyl groups is 1. The van der Waals surface area contributed by atoms with Crippen molar-refractivity contribution in [1.29, 1.82) is 0 Å². The number of nitrogens with two attached hydrogens (primary N) is 1. The zero-order chi connectivity index (χ0) is 12.5. The zero-order valence-corrected chi connectivity index (χ0v) is 9.33. The second-order valence-corrected chi connectivity index (χ2v) is 4.51. The fraction of sp³-hybridized carbons (Fsp3) is 0.500. The maximum absolute atomic E-state index is 13.3. The summed E-state index contributed by atoms with van der Waals surface area (Å²) in [5.74, 6) is -1.96. The van der Waals surface area contributed by atoms with Crippen LogP contribution in [0.2, 0.25) is 0 Å². The van der Waals surface area contributed by atoms with E-state index in [1.165, 1.54) is 12.1 Å². The largest absolute Gasteiger partial charge is 0.488 e. The van der Waals surface area contributed by atoms with Crippen LogP contribution in [-0.2, 0) is 0 Å². The Balaban J connectivity index is 2.04. The molecule has 1 saturated carbocycles. The maximum Gasteiger partial charge on any atom is 0.200 e. The molecular weight excluding hydrogens is 228 g/mol. The summed E-state index contributed by atoms with van der Waals surface area (Å²) in [6, 6.07) is 3.72. The molecule has 0 spiro atoms. The highest BCUT2D eigenvalue weighted by Crippen LogP contribution is 2.38. The number of ether oxygens (including phenoxy) is 1. The summed E-state index contributed by atoms with van der Waals surface area (Å²) in [5.41, 5.74) is 5.09. The summed E-state index contributed by atoms with van der Waals surface area (Å²) in [4.78, 5) is 0. The third-order valence-electron chi connectivity index (χ3n) is 3.10. The molecule has 1 atom stereocenters. The number of hydrogen-bond donors (Lipinski definition) is 2. The van der Waals surface area contributed by atoms with Gasteiger partial charge in [0, 0.05) is 0 Å². The first-order valence-electron chi connectivity index (χ1n) is 5.53. The molecule has 1 aromatic rings. The Kier molecular flexibility index (Phi) is 3.31. The lowest BCUT2D eigenvalue weighted by atomic mass is 9.97. The average molecular weight is 243 g/mol. The van der Waals surface area contributed by atoms with Crippen LogP contribution in [0.5, 0.6) is 5.75 Å². The Hall–Kier alpha value is -1.20. The highest BCUT2D eigenvalue weighted by Gasteiger charge is 2.42. The minimum Gasteiger partial charge on any atom is -0.488 e. The van der Waals surface area contributed by atoms with Gasteiger partial charge in [-0.3, -0.25) is 0 Å². The predicted octanol–water partition coefficient (Wildman–Crippen LogP) is 1.44. The first-order chi connectivity index (χ1) is 8.07. The Bertz CT molecular complexity index is 409. The van der Waals surface area contributed by atoms with Crippen LogP contribution in [-0.4, -0.2) is 23.9 Å². The smallest absolute Gasteiger partial charge is 0.200 e. The summed E-state index contributed by atoms with van der Waals surface area (Å²) in [5, 5.41) is 9.22.